The molecule has 0 amide bonds. The average Bonchev–Trinajstić information content (AvgIpc) is 2.57. The predicted octanol–water partition coefficient (Wildman–Crippen LogP) is 1.76. The maximum Gasteiger partial charge on any atom is 0.346 e. The molecule has 0 aliphatic heterocycles. The molecule has 0 aliphatic rings. The highest BCUT2D eigenvalue weighted by Gasteiger charge is 2.18. The molecule has 2 aromatic rings. The number of esters is 2. The number of carbonyl (C=O) groups excluding carboxylic acids is 2. The molecular weight excluding hydrogens is 316 g/mol. The molecule has 0 spiro atoms. The molecule has 1 heterocycles. The normalized spacial score (nSPS) is 11.8. The third-order valence-corrected chi connectivity index (χ3v) is 3.65. The lowest BCUT2D eigenvalue weighted by Gasteiger charge is -2.13. The van der Waals surface area contributed by atoms with Gasteiger partial charge in [0.15, 0.2) is 6.10 Å². The van der Waals surface area contributed by atoms with Crippen molar-refractivity contribution < 1.29 is 28.2 Å². The van der Waals surface area contributed by atoms with Crippen molar-refractivity contribution in [3.05, 3.63) is 39.7 Å². The van der Waals surface area contributed by atoms with E-state index < -0.39 is 23.7 Å². The standard InChI is InChI=1S/C17H18O7/c1-9-12-6-5-11(23-10(2)16(19)22-4)7-14(12)24-17(20)13(9)8-15(18)21-3/h5-7,10H,8H2,1-4H3. The van der Waals surface area contributed by atoms with Crippen LogP contribution in [0.5, 0.6) is 5.75 Å². The Morgan fingerprint density at radius 2 is 1.92 bits per heavy atom. The van der Waals surface area contributed by atoms with Gasteiger partial charge in [0.2, 0.25) is 0 Å². The largest absolute Gasteiger partial charge is 0.479 e. The van der Waals surface area contributed by atoms with Crippen LogP contribution in [0.1, 0.15) is 18.1 Å². The van der Waals surface area contributed by atoms with Gasteiger partial charge in [-0.1, -0.05) is 0 Å². The summed E-state index contributed by atoms with van der Waals surface area (Å²) in [5.74, 6) is -0.665. The SMILES string of the molecule is COC(=O)Cc1c(C)c2ccc(OC(C)C(=O)OC)cc2oc1=O. The summed E-state index contributed by atoms with van der Waals surface area (Å²) in [6, 6.07) is 4.87. The minimum Gasteiger partial charge on any atom is -0.479 e. The fourth-order valence-electron chi connectivity index (χ4n) is 2.29. The Labute approximate surface area is 138 Å². The van der Waals surface area contributed by atoms with E-state index in [0.717, 1.165) is 0 Å². The van der Waals surface area contributed by atoms with Gasteiger partial charge in [-0.2, -0.15) is 0 Å². The van der Waals surface area contributed by atoms with E-state index in [1.165, 1.54) is 20.3 Å². The van der Waals surface area contributed by atoms with Gasteiger partial charge >= 0.3 is 17.6 Å². The van der Waals surface area contributed by atoms with Crippen LogP contribution in [0, 0.1) is 6.92 Å². The van der Waals surface area contributed by atoms with E-state index >= 15 is 0 Å². The van der Waals surface area contributed by atoms with Crippen molar-refractivity contribution in [2.75, 3.05) is 14.2 Å². The van der Waals surface area contributed by atoms with E-state index in [1.54, 1.807) is 26.0 Å². The van der Waals surface area contributed by atoms with E-state index in [9.17, 15) is 14.4 Å². The van der Waals surface area contributed by atoms with Gasteiger partial charge in [-0.05, 0) is 31.5 Å². The summed E-state index contributed by atoms with van der Waals surface area (Å²) in [5, 5.41) is 0.673. The first kappa shape index (κ1) is 17.5. The maximum atomic E-state index is 12.1. The number of fused-ring (bicyclic) bond motifs is 1. The molecule has 0 saturated heterocycles. The number of ether oxygens (including phenoxy) is 3. The Morgan fingerprint density at radius 1 is 1.21 bits per heavy atom. The second-order valence-corrected chi connectivity index (χ2v) is 5.19. The van der Waals surface area contributed by atoms with Crippen molar-refractivity contribution in [3.63, 3.8) is 0 Å². The lowest BCUT2D eigenvalue weighted by molar-refractivity contribution is -0.148. The molecule has 7 heteroatoms. The van der Waals surface area contributed by atoms with Gasteiger partial charge in [0.1, 0.15) is 11.3 Å². The molecule has 1 aromatic heterocycles. The zero-order chi connectivity index (χ0) is 17.9. The van der Waals surface area contributed by atoms with Gasteiger partial charge in [0.25, 0.3) is 0 Å². The molecule has 7 nitrogen and oxygen atoms in total. The molecule has 0 bridgehead atoms. The monoisotopic (exact) mass is 334 g/mol. The van der Waals surface area contributed by atoms with Gasteiger partial charge in [0.05, 0.1) is 26.2 Å². The van der Waals surface area contributed by atoms with Crippen molar-refractivity contribution >= 4 is 22.9 Å². The first-order valence-electron chi connectivity index (χ1n) is 7.25. The highest BCUT2D eigenvalue weighted by atomic mass is 16.6. The summed E-state index contributed by atoms with van der Waals surface area (Å²) in [5.41, 5.74) is 0.592. The van der Waals surface area contributed by atoms with E-state index in [2.05, 4.69) is 9.47 Å². The second kappa shape index (κ2) is 7.16. The summed E-state index contributed by atoms with van der Waals surface area (Å²) in [6.07, 6.45) is -0.947. The highest BCUT2D eigenvalue weighted by molar-refractivity contribution is 5.84. The summed E-state index contributed by atoms with van der Waals surface area (Å²) in [4.78, 5) is 34.9. The summed E-state index contributed by atoms with van der Waals surface area (Å²) in [7, 11) is 2.53. The molecule has 128 valence electrons. The fraction of sp³-hybridized carbons (Fsp3) is 0.353. The number of benzene rings is 1. The predicted molar refractivity (Wildman–Crippen MR) is 85.0 cm³/mol. The van der Waals surface area contributed by atoms with Gasteiger partial charge in [-0.15, -0.1) is 0 Å². The molecule has 1 unspecified atom stereocenters. The second-order valence-electron chi connectivity index (χ2n) is 5.19. The Bertz CT molecular complexity index is 835. The van der Waals surface area contributed by atoms with Crippen molar-refractivity contribution in [1.82, 2.24) is 0 Å². The quantitative estimate of drug-likeness (QED) is 0.607. The van der Waals surface area contributed by atoms with E-state index in [-0.39, 0.29) is 12.0 Å². The van der Waals surface area contributed by atoms with Gasteiger partial charge in [-0.25, -0.2) is 9.59 Å². The van der Waals surface area contributed by atoms with E-state index in [1.807, 2.05) is 0 Å². The Morgan fingerprint density at radius 3 is 2.54 bits per heavy atom. The lowest BCUT2D eigenvalue weighted by Crippen LogP contribution is -2.24. The van der Waals surface area contributed by atoms with E-state index in [0.29, 0.717) is 22.3 Å². The van der Waals surface area contributed by atoms with Crippen molar-refractivity contribution in [1.29, 1.82) is 0 Å². The first-order chi connectivity index (χ1) is 11.4. The van der Waals surface area contributed by atoms with Crippen LogP contribution in [0.3, 0.4) is 0 Å². The number of hydrogen-bond donors (Lipinski definition) is 0. The molecule has 2 rings (SSSR count). The van der Waals surface area contributed by atoms with Crippen LogP contribution in [0.4, 0.5) is 0 Å². The topological polar surface area (TPSA) is 92.0 Å². The third-order valence-electron chi connectivity index (χ3n) is 3.65. The molecule has 24 heavy (non-hydrogen) atoms. The number of carbonyl (C=O) groups is 2. The van der Waals surface area contributed by atoms with Crippen LogP contribution >= 0.6 is 0 Å². The highest BCUT2D eigenvalue weighted by Crippen LogP contribution is 2.25. The van der Waals surface area contributed by atoms with Crippen LogP contribution in [0.15, 0.2) is 27.4 Å². The van der Waals surface area contributed by atoms with Gasteiger partial charge < -0.3 is 18.6 Å². The molecular formula is C17H18O7. The maximum absolute atomic E-state index is 12.1. The zero-order valence-corrected chi connectivity index (χ0v) is 13.9. The van der Waals surface area contributed by atoms with Gasteiger partial charge in [-0.3, -0.25) is 4.79 Å². The number of hydrogen-bond acceptors (Lipinski definition) is 7. The molecule has 0 fully saturated rings. The Hall–Kier alpha value is -2.83. The van der Waals surface area contributed by atoms with Crippen molar-refractivity contribution in [2.24, 2.45) is 0 Å². The van der Waals surface area contributed by atoms with Crippen molar-refractivity contribution in [3.8, 4) is 5.75 Å². The molecule has 1 atom stereocenters. The summed E-state index contributed by atoms with van der Waals surface area (Å²) >= 11 is 0. The molecule has 0 radical (unpaired) electrons. The van der Waals surface area contributed by atoms with Gasteiger partial charge in [0, 0.05) is 11.5 Å². The molecule has 0 N–H and O–H groups in total. The lowest BCUT2D eigenvalue weighted by atomic mass is 10.0. The average molecular weight is 334 g/mol. The van der Waals surface area contributed by atoms with Crippen LogP contribution in [0.25, 0.3) is 11.0 Å². The molecule has 0 saturated carbocycles. The van der Waals surface area contributed by atoms with Crippen molar-refractivity contribution in [2.45, 2.75) is 26.4 Å². The van der Waals surface area contributed by atoms with Crippen LogP contribution < -0.4 is 10.4 Å². The van der Waals surface area contributed by atoms with Crippen LogP contribution in [-0.2, 0) is 25.5 Å². The Balaban J connectivity index is 2.41. The first-order valence-corrected chi connectivity index (χ1v) is 7.25. The number of aryl methyl sites for hydroxylation is 1. The van der Waals surface area contributed by atoms with Crippen LogP contribution in [-0.4, -0.2) is 32.3 Å². The molecule has 1 aromatic carbocycles. The van der Waals surface area contributed by atoms with E-state index in [4.69, 9.17) is 9.15 Å². The minimum absolute atomic E-state index is 0.155. The summed E-state index contributed by atoms with van der Waals surface area (Å²) < 4.78 is 19.9. The third kappa shape index (κ3) is 3.56. The number of methoxy groups -OCH3 is 2. The number of rotatable bonds is 5. The summed E-state index contributed by atoms with van der Waals surface area (Å²) in [6.45, 7) is 3.28. The zero-order valence-electron chi connectivity index (χ0n) is 13.9. The fourth-order valence-corrected chi connectivity index (χ4v) is 2.29. The minimum atomic E-state index is -0.793. The Kier molecular flexibility index (Phi) is 5.23. The molecule has 0 aliphatic carbocycles. The van der Waals surface area contributed by atoms with Crippen LogP contribution in [0.2, 0.25) is 0 Å². The smallest absolute Gasteiger partial charge is 0.346 e.